The molecule has 150 valence electrons. The topological polar surface area (TPSA) is 113 Å². The molecule has 29 heavy (non-hydrogen) atoms. The summed E-state index contributed by atoms with van der Waals surface area (Å²) in [5, 5.41) is 4.03. The van der Waals surface area contributed by atoms with Gasteiger partial charge in [0.25, 0.3) is 15.9 Å². The summed E-state index contributed by atoms with van der Waals surface area (Å²) in [5.74, 6) is 0.0965. The Morgan fingerprint density at radius 2 is 1.83 bits per heavy atom. The molecule has 0 unspecified atom stereocenters. The third kappa shape index (κ3) is 5.02. The van der Waals surface area contributed by atoms with Crippen LogP contribution in [0.2, 0.25) is 0 Å². The molecule has 0 saturated carbocycles. The summed E-state index contributed by atoms with van der Waals surface area (Å²) in [4.78, 5) is 15.3. The maximum atomic E-state index is 12.6. The van der Waals surface area contributed by atoms with Crippen molar-refractivity contribution < 1.29 is 17.9 Å². The fraction of sp³-hybridized carbons (Fsp3) is 0.100. The molecule has 8 nitrogen and oxygen atoms in total. The number of sulfonamides is 1. The van der Waals surface area contributed by atoms with Crippen molar-refractivity contribution in [1.82, 2.24) is 10.4 Å². The SMILES string of the molecule is COc1ccc(NS(=O)(=O)c2cccc(C(=O)N/N=C(\C)c3ccc[nH]3)c2)cc1. The number of nitrogens with zero attached hydrogens (tertiary/aromatic N) is 1. The van der Waals surface area contributed by atoms with E-state index in [0.717, 1.165) is 5.69 Å². The second kappa shape index (κ2) is 8.61. The van der Waals surface area contributed by atoms with E-state index >= 15 is 0 Å². The number of benzene rings is 2. The zero-order valence-electron chi connectivity index (χ0n) is 15.8. The third-order valence-corrected chi connectivity index (χ3v) is 5.44. The minimum atomic E-state index is -3.87. The Morgan fingerprint density at radius 1 is 1.07 bits per heavy atom. The Kier molecular flexibility index (Phi) is 5.99. The monoisotopic (exact) mass is 412 g/mol. The summed E-state index contributed by atoms with van der Waals surface area (Å²) in [5.41, 5.74) is 4.34. The molecule has 0 aliphatic rings. The van der Waals surface area contributed by atoms with E-state index in [4.69, 9.17) is 4.74 Å². The van der Waals surface area contributed by atoms with Gasteiger partial charge in [0, 0.05) is 17.4 Å². The van der Waals surface area contributed by atoms with E-state index in [-0.39, 0.29) is 10.5 Å². The lowest BCUT2D eigenvalue weighted by Crippen LogP contribution is -2.20. The van der Waals surface area contributed by atoms with Crippen LogP contribution in [0.4, 0.5) is 5.69 Å². The number of rotatable bonds is 7. The van der Waals surface area contributed by atoms with Gasteiger partial charge in [-0.25, -0.2) is 13.8 Å². The molecule has 1 amide bonds. The van der Waals surface area contributed by atoms with Gasteiger partial charge < -0.3 is 9.72 Å². The van der Waals surface area contributed by atoms with Gasteiger partial charge in [-0.1, -0.05) is 6.07 Å². The standard InChI is InChI=1S/C20H20N4O4S/c1-14(19-7-4-12-21-19)22-23-20(25)15-5-3-6-18(13-15)29(26,27)24-16-8-10-17(28-2)11-9-16/h3-13,21,24H,1-2H3,(H,23,25)/b22-14+. The highest BCUT2D eigenvalue weighted by Crippen LogP contribution is 2.20. The molecular weight excluding hydrogens is 392 g/mol. The maximum absolute atomic E-state index is 12.6. The first kappa shape index (κ1) is 20.2. The lowest BCUT2D eigenvalue weighted by atomic mass is 10.2. The van der Waals surface area contributed by atoms with E-state index in [0.29, 0.717) is 17.1 Å². The van der Waals surface area contributed by atoms with E-state index in [1.807, 2.05) is 12.1 Å². The lowest BCUT2D eigenvalue weighted by molar-refractivity contribution is 0.0954. The highest BCUT2D eigenvalue weighted by molar-refractivity contribution is 7.92. The van der Waals surface area contributed by atoms with Crippen LogP contribution >= 0.6 is 0 Å². The largest absolute Gasteiger partial charge is 0.497 e. The lowest BCUT2D eigenvalue weighted by Gasteiger charge is -2.10. The van der Waals surface area contributed by atoms with Crippen LogP contribution in [-0.2, 0) is 10.0 Å². The second-order valence-electron chi connectivity index (χ2n) is 6.08. The number of aromatic nitrogens is 1. The van der Waals surface area contributed by atoms with Crippen LogP contribution in [0, 0.1) is 0 Å². The average Bonchev–Trinajstić information content (AvgIpc) is 3.27. The van der Waals surface area contributed by atoms with Crippen LogP contribution in [0.15, 0.2) is 76.9 Å². The number of hydrazone groups is 1. The van der Waals surface area contributed by atoms with Crippen LogP contribution in [0.1, 0.15) is 23.0 Å². The zero-order valence-corrected chi connectivity index (χ0v) is 16.7. The quantitative estimate of drug-likeness (QED) is 0.409. The summed E-state index contributed by atoms with van der Waals surface area (Å²) < 4.78 is 32.8. The molecule has 0 aliphatic carbocycles. The summed E-state index contributed by atoms with van der Waals surface area (Å²) in [6.07, 6.45) is 1.75. The summed E-state index contributed by atoms with van der Waals surface area (Å²) in [6.45, 7) is 1.74. The number of methoxy groups -OCH3 is 1. The molecule has 9 heteroatoms. The number of hydrogen-bond acceptors (Lipinski definition) is 5. The predicted molar refractivity (Wildman–Crippen MR) is 111 cm³/mol. The van der Waals surface area contributed by atoms with Gasteiger partial charge in [0.1, 0.15) is 5.75 Å². The van der Waals surface area contributed by atoms with Crippen LogP contribution in [-0.4, -0.2) is 32.1 Å². The number of nitrogens with one attached hydrogen (secondary N) is 3. The van der Waals surface area contributed by atoms with Crippen molar-refractivity contribution in [3.05, 3.63) is 78.1 Å². The Morgan fingerprint density at radius 3 is 2.48 bits per heavy atom. The Balaban J connectivity index is 1.75. The van der Waals surface area contributed by atoms with Crippen LogP contribution < -0.4 is 14.9 Å². The maximum Gasteiger partial charge on any atom is 0.271 e. The van der Waals surface area contributed by atoms with Gasteiger partial charge in [0.15, 0.2) is 0 Å². The van der Waals surface area contributed by atoms with E-state index < -0.39 is 15.9 Å². The minimum absolute atomic E-state index is 0.0361. The third-order valence-electron chi connectivity index (χ3n) is 4.06. The number of carbonyl (C=O) groups is 1. The highest BCUT2D eigenvalue weighted by Gasteiger charge is 2.16. The van der Waals surface area contributed by atoms with Gasteiger partial charge in [0.05, 0.1) is 23.4 Å². The highest BCUT2D eigenvalue weighted by atomic mass is 32.2. The number of H-pyrrole nitrogens is 1. The first-order valence-electron chi connectivity index (χ1n) is 8.64. The van der Waals surface area contributed by atoms with E-state index in [2.05, 4.69) is 20.2 Å². The molecule has 3 N–H and O–H groups in total. The molecule has 2 aromatic carbocycles. The van der Waals surface area contributed by atoms with Crippen molar-refractivity contribution in [2.75, 3.05) is 11.8 Å². The van der Waals surface area contributed by atoms with E-state index in [1.54, 1.807) is 37.4 Å². The predicted octanol–water partition coefficient (Wildman–Crippen LogP) is 2.98. The first-order chi connectivity index (χ1) is 13.9. The average molecular weight is 412 g/mol. The molecule has 0 spiro atoms. The summed E-state index contributed by atoms with van der Waals surface area (Å²) >= 11 is 0. The van der Waals surface area contributed by atoms with E-state index in [1.165, 1.54) is 31.4 Å². The normalized spacial score (nSPS) is 11.7. The van der Waals surface area contributed by atoms with Crippen molar-refractivity contribution in [3.8, 4) is 5.75 Å². The Bertz CT molecular complexity index is 1120. The molecule has 0 atom stereocenters. The summed E-state index contributed by atoms with van der Waals surface area (Å²) in [7, 11) is -2.34. The minimum Gasteiger partial charge on any atom is -0.497 e. The van der Waals surface area contributed by atoms with Gasteiger partial charge >= 0.3 is 0 Å². The van der Waals surface area contributed by atoms with Gasteiger partial charge in [-0.15, -0.1) is 0 Å². The first-order valence-corrected chi connectivity index (χ1v) is 10.1. The number of amides is 1. The molecule has 0 radical (unpaired) electrons. The smallest absolute Gasteiger partial charge is 0.271 e. The molecule has 0 aliphatic heterocycles. The summed E-state index contributed by atoms with van der Waals surface area (Å²) in [6, 6.07) is 15.8. The van der Waals surface area contributed by atoms with Gasteiger partial charge in [-0.2, -0.15) is 5.10 Å². The van der Waals surface area contributed by atoms with Crippen molar-refractivity contribution in [1.29, 1.82) is 0 Å². The van der Waals surface area contributed by atoms with Crippen LogP contribution in [0.25, 0.3) is 0 Å². The number of aromatic amines is 1. The number of carbonyl (C=O) groups excluding carboxylic acids is 1. The molecule has 1 heterocycles. The fourth-order valence-corrected chi connectivity index (χ4v) is 3.60. The fourth-order valence-electron chi connectivity index (χ4n) is 2.49. The molecule has 0 bridgehead atoms. The molecular formula is C20H20N4O4S. The van der Waals surface area contributed by atoms with Gasteiger partial charge in [-0.3, -0.25) is 9.52 Å². The second-order valence-corrected chi connectivity index (χ2v) is 7.77. The molecule has 3 aromatic rings. The van der Waals surface area contributed by atoms with Gasteiger partial charge in [0.2, 0.25) is 0 Å². The van der Waals surface area contributed by atoms with Gasteiger partial charge in [-0.05, 0) is 61.5 Å². The molecule has 1 aromatic heterocycles. The molecule has 0 saturated heterocycles. The van der Waals surface area contributed by atoms with Crippen molar-refractivity contribution in [2.45, 2.75) is 11.8 Å². The van der Waals surface area contributed by atoms with Crippen LogP contribution in [0.5, 0.6) is 5.75 Å². The van der Waals surface area contributed by atoms with Crippen molar-refractivity contribution in [3.63, 3.8) is 0 Å². The van der Waals surface area contributed by atoms with Crippen molar-refractivity contribution in [2.24, 2.45) is 5.10 Å². The zero-order chi connectivity index (χ0) is 20.9. The number of anilines is 1. The Labute approximate surface area is 168 Å². The van der Waals surface area contributed by atoms with Crippen molar-refractivity contribution >= 4 is 27.3 Å². The Hall–Kier alpha value is -3.59. The van der Waals surface area contributed by atoms with Crippen LogP contribution in [0.3, 0.4) is 0 Å². The van der Waals surface area contributed by atoms with E-state index in [9.17, 15) is 13.2 Å². The molecule has 0 fully saturated rings. The molecule has 3 rings (SSSR count). The number of hydrogen-bond donors (Lipinski definition) is 3. The number of ether oxygens (including phenoxy) is 1.